The molecule has 1 saturated carbocycles. The first kappa shape index (κ1) is 13.2. The zero-order valence-corrected chi connectivity index (χ0v) is 11.3. The van der Waals surface area contributed by atoms with Crippen molar-refractivity contribution in [3.63, 3.8) is 0 Å². The summed E-state index contributed by atoms with van der Waals surface area (Å²) in [6.45, 7) is 5.33. The Morgan fingerprint density at radius 3 is 2.22 bits per heavy atom. The third-order valence-electron chi connectivity index (χ3n) is 4.06. The van der Waals surface area contributed by atoms with Crippen molar-refractivity contribution in [1.82, 2.24) is 4.90 Å². The molecule has 0 amide bonds. The fourth-order valence-corrected chi connectivity index (χ4v) is 3.13. The number of phenols is 2. The minimum atomic E-state index is 0.138. The third kappa shape index (κ3) is 2.78. The summed E-state index contributed by atoms with van der Waals surface area (Å²) in [7, 11) is 0. The molecule has 1 aliphatic rings. The van der Waals surface area contributed by atoms with E-state index in [4.69, 9.17) is 0 Å². The summed E-state index contributed by atoms with van der Waals surface area (Å²) in [5.41, 5.74) is 0.987. The molecule has 1 atom stereocenters. The summed E-state index contributed by atoms with van der Waals surface area (Å²) in [4.78, 5) is 2.47. The molecule has 100 valence electrons. The second-order valence-electron chi connectivity index (χ2n) is 5.23. The number of hydrogen-bond acceptors (Lipinski definition) is 3. The molecule has 18 heavy (non-hydrogen) atoms. The van der Waals surface area contributed by atoms with Gasteiger partial charge in [-0.15, -0.1) is 0 Å². The fraction of sp³-hybridized carbons (Fsp3) is 0.600. The molecule has 0 saturated heterocycles. The van der Waals surface area contributed by atoms with Gasteiger partial charge in [0.15, 0.2) is 0 Å². The van der Waals surface area contributed by atoms with E-state index in [2.05, 4.69) is 18.7 Å². The van der Waals surface area contributed by atoms with Gasteiger partial charge in [0.25, 0.3) is 0 Å². The maximum atomic E-state index is 9.58. The van der Waals surface area contributed by atoms with Crippen LogP contribution in [-0.2, 0) is 0 Å². The summed E-state index contributed by atoms with van der Waals surface area (Å²) in [5, 5.41) is 19.2. The van der Waals surface area contributed by atoms with Gasteiger partial charge in [0.1, 0.15) is 11.5 Å². The average Bonchev–Trinajstić information content (AvgIpc) is 2.82. The molecule has 0 aliphatic heterocycles. The monoisotopic (exact) mass is 249 g/mol. The van der Waals surface area contributed by atoms with E-state index < -0.39 is 0 Å². The summed E-state index contributed by atoms with van der Waals surface area (Å²) >= 11 is 0. The molecule has 2 rings (SSSR count). The molecule has 1 aromatic rings. The molecule has 3 nitrogen and oxygen atoms in total. The largest absolute Gasteiger partial charge is 0.508 e. The number of rotatable bonds is 4. The molecular formula is C15H23NO2. The van der Waals surface area contributed by atoms with Crippen molar-refractivity contribution in [1.29, 1.82) is 0 Å². The predicted molar refractivity (Wildman–Crippen MR) is 72.8 cm³/mol. The lowest BCUT2D eigenvalue weighted by Gasteiger charge is -2.33. The second kappa shape index (κ2) is 5.61. The lowest BCUT2D eigenvalue weighted by molar-refractivity contribution is 0.154. The van der Waals surface area contributed by atoms with E-state index >= 15 is 0 Å². The van der Waals surface area contributed by atoms with Crippen molar-refractivity contribution in [3.05, 3.63) is 23.8 Å². The summed E-state index contributed by atoms with van der Waals surface area (Å²) in [6.07, 6.45) is 5.17. The Morgan fingerprint density at radius 1 is 1.17 bits per heavy atom. The van der Waals surface area contributed by atoms with Crippen molar-refractivity contribution in [3.8, 4) is 11.5 Å². The van der Waals surface area contributed by atoms with E-state index in [0.29, 0.717) is 6.04 Å². The van der Waals surface area contributed by atoms with E-state index in [-0.39, 0.29) is 17.5 Å². The van der Waals surface area contributed by atoms with Crippen molar-refractivity contribution in [2.45, 2.75) is 51.6 Å². The molecule has 1 aliphatic carbocycles. The molecule has 3 heteroatoms. The second-order valence-corrected chi connectivity index (χ2v) is 5.23. The Bertz CT molecular complexity index is 379. The molecule has 0 radical (unpaired) electrons. The van der Waals surface area contributed by atoms with Gasteiger partial charge < -0.3 is 10.2 Å². The number of benzene rings is 1. The van der Waals surface area contributed by atoms with Gasteiger partial charge in [-0.25, -0.2) is 0 Å². The van der Waals surface area contributed by atoms with Crippen molar-refractivity contribution in [2.24, 2.45) is 0 Å². The highest BCUT2D eigenvalue weighted by molar-refractivity contribution is 5.38. The first-order valence-electron chi connectivity index (χ1n) is 6.90. The summed E-state index contributed by atoms with van der Waals surface area (Å²) in [5.74, 6) is 0.277. The van der Waals surface area contributed by atoms with Crippen LogP contribution in [0.25, 0.3) is 0 Å². The van der Waals surface area contributed by atoms with Crippen molar-refractivity contribution < 1.29 is 10.2 Å². The standard InChI is InChI=1S/C15H23NO2/c1-3-16(13-6-4-5-7-13)11(2)12-8-14(17)10-15(18)9-12/h8-11,13,17-18H,3-7H2,1-2H3. The van der Waals surface area contributed by atoms with Gasteiger partial charge in [-0.05, 0) is 44.0 Å². The van der Waals surface area contributed by atoms with E-state index in [1.165, 1.54) is 31.7 Å². The topological polar surface area (TPSA) is 43.7 Å². The SMILES string of the molecule is CCN(C1CCCC1)C(C)c1cc(O)cc(O)c1. The van der Waals surface area contributed by atoms with Crippen LogP contribution in [0.2, 0.25) is 0 Å². The van der Waals surface area contributed by atoms with Crippen LogP contribution in [0.5, 0.6) is 11.5 Å². The van der Waals surface area contributed by atoms with E-state index in [1.807, 2.05) is 0 Å². The minimum Gasteiger partial charge on any atom is -0.508 e. The molecule has 0 aromatic heterocycles. The molecule has 0 bridgehead atoms. The lowest BCUT2D eigenvalue weighted by Crippen LogP contribution is -2.35. The van der Waals surface area contributed by atoms with Crippen LogP contribution < -0.4 is 0 Å². The molecule has 0 spiro atoms. The maximum absolute atomic E-state index is 9.58. The normalized spacial score (nSPS) is 18.4. The average molecular weight is 249 g/mol. The molecule has 1 unspecified atom stereocenters. The first-order chi connectivity index (χ1) is 8.61. The van der Waals surface area contributed by atoms with Crippen LogP contribution in [0.15, 0.2) is 18.2 Å². The Kier molecular flexibility index (Phi) is 4.12. The van der Waals surface area contributed by atoms with Gasteiger partial charge in [0.05, 0.1) is 0 Å². The van der Waals surface area contributed by atoms with Gasteiger partial charge in [-0.3, -0.25) is 4.90 Å². The van der Waals surface area contributed by atoms with E-state index in [1.54, 1.807) is 12.1 Å². The third-order valence-corrected chi connectivity index (χ3v) is 4.06. The van der Waals surface area contributed by atoms with Crippen molar-refractivity contribution >= 4 is 0 Å². The highest BCUT2D eigenvalue weighted by Crippen LogP contribution is 2.33. The Labute approximate surface area is 109 Å². The van der Waals surface area contributed by atoms with Crippen LogP contribution in [0.1, 0.15) is 51.1 Å². The molecule has 1 fully saturated rings. The van der Waals surface area contributed by atoms with Gasteiger partial charge in [-0.1, -0.05) is 19.8 Å². The smallest absolute Gasteiger partial charge is 0.119 e. The van der Waals surface area contributed by atoms with Gasteiger partial charge >= 0.3 is 0 Å². The van der Waals surface area contributed by atoms with Crippen LogP contribution >= 0.6 is 0 Å². The highest BCUT2D eigenvalue weighted by atomic mass is 16.3. The van der Waals surface area contributed by atoms with Crippen molar-refractivity contribution in [2.75, 3.05) is 6.54 Å². The molecule has 1 aromatic carbocycles. The lowest BCUT2D eigenvalue weighted by atomic mass is 10.0. The first-order valence-corrected chi connectivity index (χ1v) is 6.90. The van der Waals surface area contributed by atoms with Crippen LogP contribution in [0, 0.1) is 0 Å². The highest BCUT2D eigenvalue weighted by Gasteiger charge is 2.26. The van der Waals surface area contributed by atoms with E-state index in [9.17, 15) is 10.2 Å². The zero-order valence-electron chi connectivity index (χ0n) is 11.3. The molecule has 0 heterocycles. The Balaban J connectivity index is 2.19. The van der Waals surface area contributed by atoms with Crippen LogP contribution in [-0.4, -0.2) is 27.7 Å². The number of hydrogen-bond donors (Lipinski definition) is 2. The van der Waals surface area contributed by atoms with E-state index in [0.717, 1.165) is 12.1 Å². The Morgan fingerprint density at radius 2 is 1.72 bits per heavy atom. The fourth-order valence-electron chi connectivity index (χ4n) is 3.13. The number of nitrogens with zero attached hydrogens (tertiary/aromatic N) is 1. The molecule has 2 N–H and O–H groups in total. The number of aromatic hydroxyl groups is 2. The van der Waals surface area contributed by atoms with Crippen LogP contribution in [0.3, 0.4) is 0 Å². The quantitative estimate of drug-likeness (QED) is 0.859. The molecular weight excluding hydrogens is 226 g/mol. The zero-order chi connectivity index (χ0) is 13.1. The Hall–Kier alpha value is -1.22. The predicted octanol–water partition coefficient (Wildman–Crippen LogP) is 3.42. The number of phenolic OH excluding ortho intramolecular Hbond substituents is 2. The van der Waals surface area contributed by atoms with Gasteiger partial charge in [0.2, 0.25) is 0 Å². The minimum absolute atomic E-state index is 0.138. The van der Waals surface area contributed by atoms with Gasteiger partial charge in [0, 0.05) is 18.2 Å². The summed E-state index contributed by atoms with van der Waals surface area (Å²) in [6, 6.07) is 5.76. The van der Waals surface area contributed by atoms with Gasteiger partial charge in [-0.2, -0.15) is 0 Å². The maximum Gasteiger partial charge on any atom is 0.119 e. The van der Waals surface area contributed by atoms with Crippen LogP contribution in [0.4, 0.5) is 0 Å². The summed E-state index contributed by atoms with van der Waals surface area (Å²) < 4.78 is 0.